The first-order chi connectivity index (χ1) is 12.2. The minimum absolute atomic E-state index is 0.0379. The van der Waals surface area contributed by atoms with Crippen molar-refractivity contribution < 1.29 is 17.2 Å². The van der Waals surface area contributed by atoms with Crippen LogP contribution in [0.3, 0.4) is 0 Å². The standard InChI is InChI=1S/C18H25F2N3O2S/c1-12(2)22-18(21-9-13-4-6-26(24,25)11-13)23-5-3-16-14(10-23)7-15(19)8-17(16)20/h7-8,12-13H,3-6,9-11H2,1-2H3,(H,21,22). The Morgan fingerprint density at radius 1 is 1.38 bits per heavy atom. The summed E-state index contributed by atoms with van der Waals surface area (Å²) in [5.74, 6) is 0.0526. The predicted octanol–water partition coefficient (Wildman–Crippen LogP) is 2.11. The van der Waals surface area contributed by atoms with Crippen molar-refractivity contribution in [1.29, 1.82) is 0 Å². The summed E-state index contributed by atoms with van der Waals surface area (Å²) >= 11 is 0. The van der Waals surface area contributed by atoms with Crippen molar-refractivity contribution in [2.75, 3.05) is 24.6 Å². The van der Waals surface area contributed by atoms with E-state index in [1.54, 1.807) is 0 Å². The number of nitrogens with zero attached hydrogens (tertiary/aromatic N) is 2. The highest BCUT2D eigenvalue weighted by Gasteiger charge is 2.28. The zero-order valence-electron chi connectivity index (χ0n) is 15.1. The molecule has 1 aromatic rings. The Bertz CT molecular complexity index is 809. The van der Waals surface area contributed by atoms with Crippen LogP contribution in [0, 0.1) is 17.6 Å². The largest absolute Gasteiger partial charge is 0.354 e. The molecule has 0 bridgehead atoms. The van der Waals surface area contributed by atoms with Gasteiger partial charge in [0.15, 0.2) is 15.8 Å². The third-order valence-corrected chi connectivity index (χ3v) is 6.63. The highest BCUT2D eigenvalue weighted by atomic mass is 32.2. The third-order valence-electron chi connectivity index (χ3n) is 4.79. The van der Waals surface area contributed by atoms with Gasteiger partial charge in [-0.05, 0) is 49.8 Å². The topological polar surface area (TPSA) is 61.8 Å². The normalized spacial score (nSPS) is 22.6. The number of guanidine groups is 1. The number of benzene rings is 1. The van der Waals surface area contributed by atoms with Gasteiger partial charge in [0.1, 0.15) is 11.6 Å². The summed E-state index contributed by atoms with van der Waals surface area (Å²) in [7, 11) is -2.93. The number of aliphatic imine (C=N–C) groups is 1. The van der Waals surface area contributed by atoms with E-state index in [9.17, 15) is 17.2 Å². The molecule has 0 saturated carbocycles. The molecular formula is C18H25F2N3O2S. The Balaban J connectivity index is 1.76. The molecule has 1 unspecified atom stereocenters. The fourth-order valence-electron chi connectivity index (χ4n) is 3.52. The van der Waals surface area contributed by atoms with Crippen LogP contribution in [-0.4, -0.2) is 49.9 Å². The van der Waals surface area contributed by atoms with Crippen LogP contribution in [0.1, 0.15) is 31.4 Å². The smallest absolute Gasteiger partial charge is 0.194 e. The van der Waals surface area contributed by atoms with E-state index in [0.717, 1.165) is 6.07 Å². The van der Waals surface area contributed by atoms with Gasteiger partial charge in [-0.1, -0.05) is 0 Å². The zero-order chi connectivity index (χ0) is 18.9. The highest BCUT2D eigenvalue weighted by molar-refractivity contribution is 7.91. The molecule has 2 heterocycles. The monoisotopic (exact) mass is 385 g/mol. The first-order valence-electron chi connectivity index (χ1n) is 8.96. The van der Waals surface area contributed by atoms with Gasteiger partial charge in [0.05, 0.1) is 11.5 Å². The van der Waals surface area contributed by atoms with Crippen molar-refractivity contribution in [2.24, 2.45) is 10.9 Å². The average Bonchev–Trinajstić information content (AvgIpc) is 2.89. The molecule has 0 amide bonds. The molecule has 1 atom stereocenters. The molecule has 5 nitrogen and oxygen atoms in total. The molecule has 0 spiro atoms. The second-order valence-electron chi connectivity index (χ2n) is 7.43. The average molecular weight is 385 g/mol. The Hall–Kier alpha value is -1.70. The molecule has 2 aliphatic heterocycles. The van der Waals surface area contributed by atoms with Crippen LogP contribution in [-0.2, 0) is 22.8 Å². The molecule has 3 rings (SSSR count). The van der Waals surface area contributed by atoms with Gasteiger partial charge in [-0.15, -0.1) is 0 Å². The van der Waals surface area contributed by atoms with Crippen LogP contribution in [0.2, 0.25) is 0 Å². The van der Waals surface area contributed by atoms with E-state index in [1.807, 2.05) is 18.7 Å². The molecule has 1 saturated heterocycles. The van der Waals surface area contributed by atoms with Crippen LogP contribution in [0.5, 0.6) is 0 Å². The molecule has 8 heteroatoms. The van der Waals surface area contributed by atoms with Gasteiger partial charge >= 0.3 is 0 Å². The highest BCUT2D eigenvalue weighted by Crippen LogP contribution is 2.24. The molecule has 1 N–H and O–H groups in total. The Morgan fingerprint density at radius 3 is 2.81 bits per heavy atom. The van der Waals surface area contributed by atoms with Gasteiger partial charge in [0, 0.05) is 31.7 Å². The Kier molecular flexibility index (Phi) is 5.50. The van der Waals surface area contributed by atoms with Crippen LogP contribution < -0.4 is 5.32 Å². The van der Waals surface area contributed by atoms with Crippen LogP contribution >= 0.6 is 0 Å². The number of hydrogen-bond acceptors (Lipinski definition) is 3. The van der Waals surface area contributed by atoms with Crippen LogP contribution in [0.25, 0.3) is 0 Å². The SMILES string of the molecule is CC(C)NC(=NCC1CCS(=O)(=O)C1)N1CCc2c(F)cc(F)cc2C1. The van der Waals surface area contributed by atoms with E-state index in [0.29, 0.717) is 49.6 Å². The molecule has 1 aromatic carbocycles. The summed E-state index contributed by atoms with van der Waals surface area (Å²) in [5.41, 5.74) is 1.20. The summed E-state index contributed by atoms with van der Waals surface area (Å²) in [4.78, 5) is 6.61. The maximum absolute atomic E-state index is 13.9. The lowest BCUT2D eigenvalue weighted by Gasteiger charge is -2.33. The van der Waals surface area contributed by atoms with E-state index < -0.39 is 21.5 Å². The van der Waals surface area contributed by atoms with Gasteiger partial charge in [0.2, 0.25) is 0 Å². The fraction of sp³-hybridized carbons (Fsp3) is 0.611. The fourth-order valence-corrected chi connectivity index (χ4v) is 5.37. The Labute approximate surface area is 153 Å². The summed E-state index contributed by atoms with van der Waals surface area (Å²) in [6.45, 7) is 5.39. The van der Waals surface area contributed by atoms with Crippen molar-refractivity contribution in [3.63, 3.8) is 0 Å². The lowest BCUT2D eigenvalue weighted by atomic mass is 9.99. The first-order valence-corrected chi connectivity index (χ1v) is 10.8. The number of hydrogen-bond donors (Lipinski definition) is 1. The summed E-state index contributed by atoms with van der Waals surface area (Å²) in [5, 5.41) is 3.29. The van der Waals surface area contributed by atoms with E-state index in [-0.39, 0.29) is 23.5 Å². The number of sulfone groups is 1. The van der Waals surface area contributed by atoms with E-state index in [4.69, 9.17) is 0 Å². The van der Waals surface area contributed by atoms with Crippen molar-refractivity contribution in [3.05, 3.63) is 34.9 Å². The summed E-state index contributed by atoms with van der Waals surface area (Å²) in [6, 6.07) is 2.45. The van der Waals surface area contributed by atoms with Crippen LogP contribution in [0.4, 0.5) is 8.78 Å². The number of nitrogens with one attached hydrogen (secondary N) is 1. The van der Waals surface area contributed by atoms with E-state index in [1.165, 1.54) is 6.07 Å². The minimum Gasteiger partial charge on any atom is -0.354 e. The van der Waals surface area contributed by atoms with Gasteiger partial charge in [0.25, 0.3) is 0 Å². The predicted molar refractivity (Wildman–Crippen MR) is 97.8 cm³/mol. The summed E-state index contributed by atoms with van der Waals surface area (Å²) in [6.07, 6.45) is 1.12. The van der Waals surface area contributed by atoms with E-state index >= 15 is 0 Å². The quantitative estimate of drug-likeness (QED) is 0.640. The van der Waals surface area contributed by atoms with Gasteiger partial charge in [-0.2, -0.15) is 0 Å². The molecule has 144 valence electrons. The second-order valence-corrected chi connectivity index (χ2v) is 9.66. The molecule has 26 heavy (non-hydrogen) atoms. The first kappa shape index (κ1) is 19.1. The van der Waals surface area contributed by atoms with Gasteiger partial charge in [-0.25, -0.2) is 17.2 Å². The van der Waals surface area contributed by atoms with Crippen molar-refractivity contribution in [2.45, 2.75) is 39.3 Å². The second kappa shape index (κ2) is 7.50. The van der Waals surface area contributed by atoms with E-state index in [2.05, 4.69) is 10.3 Å². The molecule has 1 fully saturated rings. The van der Waals surface area contributed by atoms with Gasteiger partial charge in [-0.3, -0.25) is 4.99 Å². The van der Waals surface area contributed by atoms with Crippen molar-refractivity contribution in [1.82, 2.24) is 10.2 Å². The Morgan fingerprint density at radius 2 is 2.15 bits per heavy atom. The number of halogens is 2. The molecular weight excluding hydrogens is 360 g/mol. The lowest BCUT2D eigenvalue weighted by molar-refractivity contribution is 0.364. The number of rotatable bonds is 3. The van der Waals surface area contributed by atoms with Gasteiger partial charge < -0.3 is 10.2 Å². The third kappa shape index (κ3) is 4.52. The maximum atomic E-state index is 13.9. The summed E-state index contributed by atoms with van der Waals surface area (Å²) < 4.78 is 50.7. The van der Waals surface area contributed by atoms with Crippen molar-refractivity contribution >= 4 is 15.8 Å². The molecule has 0 aromatic heterocycles. The molecule has 2 aliphatic rings. The molecule has 0 radical (unpaired) electrons. The van der Waals surface area contributed by atoms with Crippen molar-refractivity contribution in [3.8, 4) is 0 Å². The lowest BCUT2D eigenvalue weighted by Crippen LogP contribution is -2.46. The number of fused-ring (bicyclic) bond motifs is 1. The maximum Gasteiger partial charge on any atom is 0.194 e. The zero-order valence-corrected chi connectivity index (χ0v) is 16.0. The minimum atomic E-state index is -2.93. The van der Waals surface area contributed by atoms with Crippen LogP contribution in [0.15, 0.2) is 17.1 Å². The molecule has 0 aliphatic carbocycles.